The molecule has 2 N–H and O–H groups in total. The lowest BCUT2D eigenvalue weighted by atomic mass is 10.1. The molecule has 0 spiro atoms. The lowest BCUT2D eigenvalue weighted by molar-refractivity contribution is -0.141. The summed E-state index contributed by atoms with van der Waals surface area (Å²) in [5, 5.41) is 6.92. The van der Waals surface area contributed by atoms with Crippen molar-refractivity contribution >= 4 is 23.3 Å². The molecule has 1 aromatic rings. The van der Waals surface area contributed by atoms with Gasteiger partial charge in [-0.1, -0.05) is 17.7 Å². The van der Waals surface area contributed by atoms with E-state index in [1.807, 2.05) is 32.0 Å². The maximum absolute atomic E-state index is 11.7. The van der Waals surface area contributed by atoms with E-state index in [1.54, 1.807) is 13.8 Å². The normalized spacial score (nSPS) is 11.0. The summed E-state index contributed by atoms with van der Waals surface area (Å²) in [6, 6.07) is 5.96. The zero-order valence-electron chi connectivity index (χ0n) is 13.5. The van der Waals surface area contributed by atoms with Crippen molar-refractivity contribution in [3.8, 4) is 0 Å². The van der Waals surface area contributed by atoms with Crippen LogP contribution >= 0.6 is 0 Å². The Morgan fingerprint density at radius 2 is 2.00 bits per heavy atom. The molecule has 0 aromatic heterocycles. The molecule has 0 saturated heterocycles. The highest BCUT2D eigenvalue weighted by molar-refractivity contribution is 5.98. The SMILES string of the molecule is CCOC(=O)CC(C)=NNC(=O)CNc1ccc(C)cc1C. The van der Waals surface area contributed by atoms with Crippen LogP contribution in [-0.4, -0.2) is 30.7 Å². The van der Waals surface area contributed by atoms with E-state index in [1.165, 1.54) is 5.56 Å². The number of nitrogens with one attached hydrogen (secondary N) is 2. The highest BCUT2D eigenvalue weighted by Crippen LogP contribution is 2.15. The first-order valence-electron chi connectivity index (χ1n) is 7.21. The molecule has 0 bridgehead atoms. The minimum absolute atomic E-state index is 0.0681. The topological polar surface area (TPSA) is 79.8 Å². The van der Waals surface area contributed by atoms with Gasteiger partial charge in [0.2, 0.25) is 0 Å². The van der Waals surface area contributed by atoms with Gasteiger partial charge in [0.1, 0.15) is 0 Å². The van der Waals surface area contributed by atoms with Crippen molar-refractivity contribution in [2.75, 3.05) is 18.5 Å². The molecule has 1 aromatic carbocycles. The summed E-state index contributed by atoms with van der Waals surface area (Å²) < 4.78 is 4.80. The second-order valence-corrected chi connectivity index (χ2v) is 5.04. The van der Waals surface area contributed by atoms with E-state index >= 15 is 0 Å². The summed E-state index contributed by atoms with van der Waals surface area (Å²) in [6.07, 6.45) is 0.0681. The quantitative estimate of drug-likeness (QED) is 0.459. The molecular weight excluding hydrogens is 282 g/mol. The van der Waals surface area contributed by atoms with Crippen LogP contribution in [0.1, 0.15) is 31.4 Å². The number of aryl methyl sites for hydroxylation is 2. The average molecular weight is 305 g/mol. The van der Waals surface area contributed by atoms with Gasteiger partial charge in [-0.3, -0.25) is 9.59 Å². The third kappa shape index (κ3) is 6.39. The van der Waals surface area contributed by atoms with Gasteiger partial charge in [-0.15, -0.1) is 0 Å². The van der Waals surface area contributed by atoms with Crippen molar-refractivity contribution in [2.45, 2.75) is 34.1 Å². The first kappa shape index (κ1) is 17.7. The van der Waals surface area contributed by atoms with Gasteiger partial charge in [0.15, 0.2) is 0 Å². The second-order valence-electron chi connectivity index (χ2n) is 5.04. The van der Waals surface area contributed by atoms with Crippen LogP contribution in [0.4, 0.5) is 5.69 Å². The van der Waals surface area contributed by atoms with E-state index in [2.05, 4.69) is 15.8 Å². The van der Waals surface area contributed by atoms with Crippen molar-refractivity contribution in [1.82, 2.24) is 5.43 Å². The van der Waals surface area contributed by atoms with E-state index in [0.717, 1.165) is 11.3 Å². The number of nitrogens with zero attached hydrogens (tertiary/aromatic N) is 1. The van der Waals surface area contributed by atoms with Crippen LogP contribution in [0.3, 0.4) is 0 Å². The molecule has 6 nitrogen and oxygen atoms in total. The third-order valence-electron chi connectivity index (χ3n) is 2.90. The number of amides is 1. The minimum atomic E-state index is -0.355. The van der Waals surface area contributed by atoms with E-state index in [9.17, 15) is 9.59 Å². The molecule has 1 amide bonds. The number of hydrogen-bond donors (Lipinski definition) is 2. The molecule has 0 unspecified atom stereocenters. The highest BCUT2D eigenvalue weighted by Gasteiger charge is 2.06. The third-order valence-corrected chi connectivity index (χ3v) is 2.90. The Bertz CT molecular complexity index is 568. The maximum Gasteiger partial charge on any atom is 0.311 e. The van der Waals surface area contributed by atoms with Crippen molar-refractivity contribution in [2.24, 2.45) is 5.10 Å². The average Bonchev–Trinajstić information content (AvgIpc) is 2.44. The molecule has 0 aliphatic carbocycles. The molecule has 0 atom stereocenters. The fraction of sp³-hybridized carbons (Fsp3) is 0.438. The number of hydrazone groups is 1. The molecule has 0 aliphatic rings. The molecule has 22 heavy (non-hydrogen) atoms. The number of ether oxygens (including phenoxy) is 1. The van der Waals surface area contributed by atoms with Gasteiger partial charge in [-0.2, -0.15) is 5.10 Å². The summed E-state index contributed by atoms with van der Waals surface area (Å²) in [7, 11) is 0. The Morgan fingerprint density at radius 3 is 2.64 bits per heavy atom. The van der Waals surface area contributed by atoms with Crippen LogP contribution in [0, 0.1) is 13.8 Å². The van der Waals surface area contributed by atoms with Crippen LogP contribution in [0.5, 0.6) is 0 Å². The lowest BCUT2D eigenvalue weighted by Gasteiger charge is -2.09. The molecule has 0 saturated carbocycles. The van der Waals surface area contributed by atoms with E-state index in [-0.39, 0.29) is 24.8 Å². The van der Waals surface area contributed by atoms with Crippen LogP contribution in [-0.2, 0) is 14.3 Å². The lowest BCUT2D eigenvalue weighted by Crippen LogP contribution is -2.27. The monoisotopic (exact) mass is 305 g/mol. The number of benzene rings is 1. The summed E-state index contributed by atoms with van der Waals surface area (Å²) in [5.74, 6) is -0.630. The Kier molecular flexibility index (Phi) is 7.08. The van der Waals surface area contributed by atoms with Gasteiger partial charge in [0.05, 0.1) is 19.6 Å². The van der Waals surface area contributed by atoms with Gasteiger partial charge in [0.25, 0.3) is 5.91 Å². The Balaban J connectivity index is 2.41. The molecule has 0 radical (unpaired) electrons. The first-order chi connectivity index (χ1) is 10.4. The standard InChI is InChI=1S/C16H23N3O3/c1-5-22-16(21)9-13(4)18-19-15(20)10-17-14-7-6-11(2)8-12(14)3/h6-8,17H,5,9-10H2,1-4H3,(H,19,20). The molecule has 6 heteroatoms. The van der Waals surface area contributed by atoms with Crippen molar-refractivity contribution in [3.05, 3.63) is 29.3 Å². The zero-order chi connectivity index (χ0) is 16.5. The number of rotatable bonds is 7. The number of carbonyl (C=O) groups excluding carboxylic acids is 2. The highest BCUT2D eigenvalue weighted by atomic mass is 16.5. The smallest absolute Gasteiger partial charge is 0.311 e. The molecule has 0 heterocycles. The summed E-state index contributed by atoms with van der Waals surface area (Å²) >= 11 is 0. The Hall–Kier alpha value is -2.37. The molecule has 0 aliphatic heterocycles. The van der Waals surface area contributed by atoms with Crippen LogP contribution in [0.15, 0.2) is 23.3 Å². The Morgan fingerprint density at radius 1 is 1.27 bits per heavy atom. The number of anilines is 1. The summed E-state index contributed by atoms with van der Waals surface area (Å²) in [5.41, 5.74) is 6.07. The van der Waals surface area contributed by atoms with Crippen molar-refractivity contribution in [3.63, 3.8) is 0 Å². The number of carbonyl (C=O) groups is 2. The first-order valence-corrected chi connectivity index (χ1v) is 7.21. The largest absolute Gasteiger partial charge is 0.466 e. The molecule has 1 rings (SSSR count). The Labute approximate surface area is 130 Å². The predicted molar refractivity (Wildman–Crippen MR) is 86.9 cm³/mol. The van der Waals surface area contributed by atoms with Gasteiger partial charge < -0.3 is 10.1 Å². The molecular formula is C16H23N3O3. The summed E-state index contributed by atoms with van der Waals surface area (Å²) in [6.45, 7) is 7.84. The van der Waals surface area contributed by atoms with Gasteiger partial charge >= 0.3 is 5.97 Å². The van der Waals surface area contributed by atoms with Crippen LogP contribution in [0.25, 0.3) is 0 Å². The van der Waals surface area contributed by atoms with Crippen molar-refractivity contribution in [1.29, 1.82) is 0 Å². The molecule has 120 valence electrons. The fourth-order valence-corrected chi connectivity index (χ4v) is 1.85. The minimum Gasteiger partial charge on any atom is -0.466 e. The molecule has 0 fully saturated rings. The summed E-state index contributed by atoms with van der Waals surface area (Å²) in [4.78, 5) is 23.0. The number of hydrogen-bond acceptors (Lipinski definition) is 5. The second kappa shape index (κ2) is 8.81. The maximum atomic E-state index is 11.7. The fourth-order valence-electron chi connectivity index (χ4n) is 1.85. The van der Waals surface area contributed by atoms with E-state index in [0.29, 0.717) is 12.3 Å². The number of esters is 1. The van der Waals surface area contributed by atoms with Gasteiger partial charge in [0, 0.05) is 11.4 Å². The van der Waals surface area contributed by atoms with E-state index in [4.69, 9.17) is 4.74 Å². The van der Waals surface area contributed by atoms with E-state index < -0.39 is 0 Å². The van der Waals surface area contributed by atoms with Gasteiger partial charge in [-0.05, 0) is 39.3 Å². The van der Waals surface area contributed by atoms with Gasteiger partial charge in [-0.25, -0.2) is 5.43 Å². The van der Waals surface area contributed by atoms with Crippen LogP contribution < -0.4 is 10.7 Å². The van der Waals surface area contributed by atoms with Crippen LogP contribution in [0.2, 0.25) is 0 Å². The zero-order valence-corrected chi connectivity index (χ0v) is 13.5. The predicted octanol–water partition coefficient (Wildman–Crippen LogP) is 2.16. The van der Waals surface area contributed by atoms with Crippen molar-refractivity contribution < 1.29 is 14.3 Å².